The van der Waals surface area contributed by atoms with Gasteiger partial charge in [-0.3, -0.25) is 0 Å². The first-order valence-electron chi connectivity index (χ1n) is 4.87. The van der Waals surface area contributed by atoms with E-state index in [-0.39, 0.29) is 6.10 Å². The Labute approximate surface area is 83.7 Å². The lowest BCUT2D eigenvalue weighted by atomic mass is 10.1. The van der Waals surface area contributed by atoms with Gasteiger partial charge in [0.25, 0.3) is 0 Å². The third kappa shape index (κ3) is 2.05. The molecule has 14 heavy (non-hydrogen) atoms. The number of anilines is 1. The van der Waals surface area contributed by atoms with Gasteiger partial charge in [0.1, 0.15) is 0 Å². The van der Waals surface area contributed by atoms with E-state index >= 15 is 0 Å². The Kier molecular flexibility index (Phi) is 2.70. The molecule has 1 aliphatic heterocycles. The maximum absolute atomic E-state index is 9.12. The number of nitrogens with one attached hydrogen (secondary N) is 1. The van der Waals surface area contributed by atoms with Crippen LogP contribution in [0.25, 0.3) is 0 Å². The number of aliphatic hydroxyl groups is 1. The Hall–Kier alpha value is -1.06. The van der Waals surface area contributed by atoms with Crippen molar-refractivity contribution in [3.8, 4) is 0 Å². The molecule has 1 atom stereocenters. The number of rotatable bonds is 3. The summed E-state index contributed by atoms with van der Waals surface area (Å²) in [6.45, 7) is 3.79. The molecule has 0 saturated heterocycles. The van der Waals surface area contributed by atoms with Gasteiger partial charge in [-0.15, -0.1) is 0 Å². The highest BCUT2D eigenvalue weighted by Gasteiger charge is 2.10. The number of hydrogen-bond acceptors (Lipinski definition) is 3. The fraction of sp³-hybridized carbons (Fsp3) is 0.455. The van der Waals surface area contributed by atoms with Crippen LogP contribution in [0.1, 0.15) is 18.1 Å². The van der Waals surface area contributed by atoms with E-state index in [1.165, 1.54) is 11.1 Å². The van der Waals surface area contributed by atoms with Crippen molar-refractivity contribution in [3.05, 3.63) is 29.3 Å². The normalized spacial score (nSPS) is 16.4. The Bertz CT molecular complexity index is 323. The zero-order chi connectivity index (χ0) is 9.97. The van der Waals surface area contributed by atoms with Crippen molar-refractivity contribution in [2.75, 3.05) is 11.9 Å². The molecule has 0 spiro atoms. The topological polar surface area (TPSA) is 41.5 Å². The average Bonchev–Trinajstić information content (AvgIpc) is 2.61. The Morgan fingerprint density at radius 1 is 1.43 bits per heavy atom. The molecule has 1 aromatic rings. The van der Waals surface area contributed by atoms with Gasteiger partial charge >= 0.3 is 0 Å². The van der Waals surface area contributed by atoms with Gasteiger partial charge in [-0.25, -0.2) is 0 Å². The van der Waals surface area contributed by atoms with E-state index in [4.69, 9.17) is 9.84 Å². The van der Waals surface area contributed by atoms with Crippen molar-refractivity contribution < 1.29 is 9.84 Å². The molecule has 2 N–H and O–H groups in total. The predicted molar refractivity (Wildman–Crippen MR) is 55.1 cm³/mol. The summed E-state index contributed by atoms with van der Waals surface area (Å²) < 4.78 is 5.32. The molecule has 1 aromatic carbocycles. The Morgan fingerprint density at radius 3 is 3.00 bits per heavy atom. The molecular formula is C11H15NO2. The van der Waals surface area contributed by atoms with E-state index in [1.54, 1.807) is 6.92 Å². The lowest BCUT2D eigenvalue weighted by molar-refractivity contribution is 0.134. The molecule has 0 amide bonds. The maximum atomic E-state index is 9.12. The number of ether oxygens (including phenoxy) is 1. The highest BCUT2D eigenvalue weighted by Crippen LogP contribution is 2.22. The second-order valence-corrected chi connectivity index (χ2v) is 3.71. The molecule has 3 heteroatoms. The first-order valence-corrected chi connectivity index (χ1v) is 4.87. The summed E-state index contributed by atoms with van der Waals surface area (Å²) in [4.78, 5) is 0. The van der Waals surface area contributed by atoms with Crippen LogP contribution in [0.5, 0.6) is 0 Å². The first-order chi connectivity index (χ1) is 6.75. The number of aliphatic hydroxyl groups excluding tert-OH is 1. The van der Waals surface area contributed by atoms with Gasteiger partial charge in [-0.05, 0) is 30.2 Å². The summed E-state index contributed by atoms with van der Waals surface area (Å²) in [6, 6.07) is 6.19. The van der Waals surface area contributed by atoms with Crippen LogP contribution in [-0.4, -0.2) is 17.8 Å². The van der Waals surface area contributed by atoms with Crippen molar-refractivity contribution in [2.45, 2.75) is 26.2 Å². The molecule has 0 saturated carbocycles. The largest absolute Gasteiger partial charge is 0.392 e. The maximum Gasteiger partial charge on any atom is 0.0725 e. The standard InChI is InChI=1S/C11H15NO2/c1-8(13)5-12-11-3-2-9-6-14-7-10(9)4-11/h2-4,8,12-13H,5-7H2,1H3. The van der Waals surface area contributed by atoms with Gasteiger partial charge in [0, 0.05) is 12.2 Å². The van der Waals surface area contributed by atoms with Crippen molar-refractivity contribution in [2.24, 2.45) is 0 Å². The van der Waals surface area contributed by atoms with Crippen LogP contribution in [0.2, 0.25) is 0 Å². The molecule has 0 fully saturated rings. The summed E-state index contributed by atoms with van der Waals surface area (Å²) in [6.07, 6.45) is -0.320. The van der Waals surface area contributed by atoms with Crippen molar-refractivity contribution >= 4 is 5.69 Å². The van der Waals surface area contributed by atoms with Gasteiger partial charge < -0.3 is 15.2 Å². The van der Waals surface area contributed by atoms with Crippen LogP contribution >= 0.6 is 0 Å². The second-order valence-electron chi connectivity index (χ2n) is 3.71. The van der Waals surface area contributed by atoms with Crippen molar-refractivity contribution in [1.29, 1.82) is 0 Å². The van der Waals surface area contributed by atoms with E-state index in [2.05, 4.69) is 17.4 Å². The summed E-state index contributed by atoms with van der Waals surface area (Å²) >= 11 is 0. The van der Waals surface area contributed by atoms with Crippen LogP contribution in [0.15, 0.2) is 18.2 Å². The quantitative estimate of drug-likeness (QED) is 0.764. The monoisotopic (exact) mass is 193 g/mol. The van der Waals surface area contributed by atoms with Gasteiger partial charge in [-0.2, -0.15) is 0 Å². The summed E-state index contributed by atoms with van der Waals surface area (Å²) in [5, 5.41) is 12.3. The van der Waals surface area contributed by atoms with Gasteiger partial charge in [0.05, 0.1) is 19.3 Å². The third-order valence-electron chi connectivity index (χ3n) is 2.32. The molecule has 1 aliphatic rings. The Morgan fingerprint density at radius 2 is 2.21 bits per heavy atom. The van der Waals surface area contributed by atoms with E-state index in [1.807, 2.05) is 6.07 Å². The molecule has 1 heterocycles. The summed E-state index contributed by atoms with van der Waals surface area (Å²) in [7, 11) is 0. The SMILES string of the molecule is CC(O)CNc1ccc2c(c1)COC2. The zero-order valence-corrected chi connectivity index (χ0v) is 8.29. The summed E-state index contributed by atoms with van der Waals surface area (Å²) in [5.41, 5.74) is 3.57. The molecule has 3 nitrogen and oxygen atoms in total. The van der Waals surface area contributed by atoms with Crippen LogP contribution in [0.4, 0.5) is 5.69 Å². The van der Waals surface area contributed by atoms with Crippen LogP contribution < -0.4 is 5.32 Å². The molecule has 0 bridgehead atoms. The molecule has 0 radical (unpaired) electrons. The highest BCUT2D eigenvalue weighted by molar-refractivity contribution is 5.49. The number of hydrogen-bond donors (Lipinski definition) is 2. The fourth-order valence-electron chi connectivity index (χ4n) is 1.55. The lowest BCUT2D eigenvalue weighted by Crippen LogP contribution is -2.15. The average molecular weight is 193 g/mol. The van der Waals surface area contributed by atoms with Crippen LogP contribution in [-0.2, 0) is 18.0 Å². The van der Waals surface area contributed by atoms with Gasteiger partial charge in [0.15, 0.2) is 0 Å². The van der Waals surface area contributed by atoms with E-state index in [0.29, 0.717) is 13.2 Å². The molecular weight excluding hydrogens is 178 g/mol. The molecule has 76 valence electrons. The lowest BCUT2D eigenvalue weighted by Gasteiger charge is -2.09. The van der Waals surface area contributed by atoms with Crippen molar-refractivity contribution in [1.82, 2.24) is 0 Å². The Balaban J connectivity index is 2.05. The third-order valence-corrected chi connectivity index (χ3v) is 2.32. The van der Waals surface area contributed by atoms with E-state index in [0.717, 1.165) is 12.3 Å². The molecule has 1 unspecified atom stereocenters. The van der Waals surface area contributed by atoms with E-state index in [9.17, 15) is 0 Å². The molecule has 0 aliphatic carbocycles. The fourth-order valence-corrected chi connectivity index (χ4v) is 1.55. The second kappa shape index (κ2) is 3.98. The minimum atomic E-state index is -0.320. The number of fused-ring (bicyclic) bond motifs is 1. The van der Waals surface area contributed by atoms with Crippen LogP contribution in [0, 0.1) is 0 Å². The summed E-state index contributed by atoms with van der Waals surface area (Å²) in [5.74, 6) is 0. The predicted octanol–water partition coefficient (Wildman–Crippen LogP) is 1.51. The van der Waals surface area contributed by atoms with E-state index < -0.39 is 0 Å². The van der Waals surface area contributed by atoms with Crippen molar-refractivity contribution in [3.63, 3.8) is 0 Å². The number of benzene rings is 1. The first kappa shape index (κ1) is 9.49. The molecule has 2 rings (SSSR count). The smallest absolute Gasteiger partial charge is 0.0725 e. The molecule has 0 aromatic heterocycles. The van der Waals surface area contributed by atoms with Gasteiger partial charge in [0.2, 0.25) is 0 Å². The minimum Gasteiger partial charge on any atom is -0.392 e. The zero-order valence-electron chi connectivity index (χ0n) is 8.29. The van der Waals surface area contributed by atoms with Crippen LogP contribution in [0.3, 0.4) is 0 Å². The van der Waals surface area contributed by atoms with Gasteiger partial charge in [-0.1, -0.05) is 6.07 Å². The highest BCUT2D eigenvalue weighted by atomic mass is 16.5. The minimum absolute atomic E-state index is 0.320.